The highest BCUT2D eigenvalue weighted by atomic mass is 127. The number of halogens is 1. The van der Waals surface area contributed by atoms with Crippen molar-refractivity contribution in [2.75, 3.05) is 11.1 Å². The van der Waals surface area contributed by atoms with Gasteiger partial charge in [-0.2, -0.15) is 0 Å². The Morgan fingerprint density at radius 3 is 2.56 bits per heavy atom. The van der Waals surface area contributed by atoms with Crippen molar-refractivity contribution >= 4 is 34.0 Å². The third-order valence-corrected chi connectivity index (χ3v) is 3.47. The molecule has 1 unspecified atom stereocenters. The van der Waals surface area contributed by atoms with E-state index in [4.69, 9.17) is 5.73 Å². The van der Waals surface area contributed by atoms with Crippen LogP contribution in [0, 0.1) is 3.57 Å². The van der Waals surface area contributed by atoms with E-state index in [0.717, 1.165) is 21.4 Å². The van der Waals surface area contributed by atoms with Gasteiger partial charge in [-0.15, -0.1) is 0 Å². The molecule has 0 spiro atoms. The second kappa shape index (κ2) is 6.09. The van der Waals surface area contributed by atoms with E-state index in [9.17, 15) is 0 Å². The van der Waals surface area contributed by atoms with Crippen molar-refractivity contribution in [1.82, 2.24) is 0 Å². The Kier molecular flexibility index (Phi) is 4.47. The van der Waals surface area contributed by atoms with Crippen LogP contribution in [0.3, 0.4) is 0 Å². The number of rotatable bonds is 4. The Bertz CT molecular complexity index is 511. The van der Waals surface area contributed by atoms with Crippen molar-refractivity contribution in [2.24, 2.45) is 0 Å². The minimum absolute atomic E-state index is 0.356. The smallest absolute Gasteiger partial charge is 0.0576 e. The largest absolute Gasteiger partial charge is 0.397 e. The Labute approximate surface area is 122 Å². The molecule has 2 aromatic carbocycles. The molecule has 18 heavy (non-hydrogen) atoms. The van der Waals surface area contributed by atoms with Gasteiger partial charge in [-0.25, -0.2) is 0 Å². The second-order valence-corrected chi connectivity index (χ2v) is 5.71. The molecule has 3 N–H and O–H groups in total. The number of nitrogen functional groups attached to an aromatic ring is 1. The minimum Gasteiger partial charge on any atom is -0.397 e. The predicted molar refractivity (Wildman–Crippen MR) is 86.8 cm³/mol. The lowest BCUT2D eigenvalue weighted by Gasteiger charge is -2.17. The SMILES string of the molecule is CC(Cc1ccccc1)Nc1ccc(I)cc1N. The van der Waals surface area contributed by atoms with E-state index in [1.165, 1.54) is 5.56 Å². The normalized spacial score (nSPS) is 12.1. The highest BCUT2D eigenvalue weighted by Crippen LogP contribution is 2.22. The molecule has 2 aromatic rings. The van der Waals surface area contributed by atoms with Crippen molar-refractivity contribution in [2.45, 2.75) is 19.4 Å². The van der Waals surface area contributed by atoms with Gasteiger partial charge in [0.25, 0.3) is 0 Å². The molecule has 3 heteroatoms. The standard InChI is InChI=1S/C15H17IN2/c1-11(9-12-5-3-2-4-6-12)18-15-8-7-13(16)10-14(15)17/h2-8,10-11,18H,9,17H2,1H3. The predicted octanol–water partition coefficient (Wildman–Crippen LogP) is 3.92. The van der Waals surface area contributed by atoms with Gasteiger partial charge in [-0.3, -0.25) is 0 Å². The summed E-state index contributed by atoms with van der Waals surface area (Å²) in [6, 6.07) is 16.9. The van der Waals surface area contributed by atoms with E-state index >= 15 is 0 Å². The first-order valence-corrected chi connectivity index (χ1v) is 7.08. The average molecular weight is 352 g/mol. The maximum absolute atomic E-state index is 6.00. The van der Waals surface area contributed by atoms with Gasteiger partial charge in [0.1, 0.15) is 0 Å². The van der Waals surface area contributed by atoms with Gasteiger partial charge >= 0.3 is 0 Å². The topological polar surface area (TPSA) is 38.0 Å². The monoisotopic (exact) mass is 352 g/mol. The summed E-state index contributed by atoms with van der Waals surface area (Å²) in [4.78, 5) is 0. The zero-order chi connectivity index (χ0) is 13.0. The molecule has 0 bridgehead atoms. The Morgan fingerprint density at radius 1 is 1.17 bits per heavy atom. The number of nitrogens with two attached hydrogens (primary N) is 1. The molecule has 0 fully saturated rings. The summed E-state index contributed by atoms with van der Waals surface area (Å²) in [5, 5.41) is 3.46. The maximum Gasteiger partial charge on any atom is 0.0576 e. The first-order valence-electron chi connectivity index (χ1n) is 6.00. The van der Waals surface area contributed by atoms with Gasteiger partial charge in [0.05, 0.1) is 11.4 Å². The number of nitrogens with one attached hydrogen (secondary N) is 1. The molecule has 0 radical (unpaired) electrons. The van der Waals surface area contributed by atoms with Gasteiger partial charge < -0.3 is 11.1 Å². The average Bonchev–Trinajstić information content (AvgIpc) is 2.34. The van der Waals surface area contributed by atoms with E-state index in [2.05, 4.69) is 65.2 Å². The van der Waals surface area contributed by atoms with E-state index < -0.39 is 0 Å². The fourth-order valence-electron chi connectivity index (χ4n) is 1.95. The van der Waals surface area contributed by atoms with Crippen LogP contribution in [-0.4, -0.2) is 6.04 Å². The van der Waals surface area contributed by atoms with E-state index in [1.54, 1.807) is 0 Å². The van der Waals surface area contributed by atoms with Gasteiger partial charge in [0.15, 0.2) is 0 Å². The summed E-state index contributed by atoms with van der Waals surface area (Å²) in [6.45, 7) is 2.17. The van der Waals surface area contributed by atoms with Gasteiger partial charge in [-0.05, 0) is 59.7 Å². The lowest BCUT2D eigenvalue weighted by molar-refractivity contribution is 0.791. The van der Waals surface area contributed by atoms with Crippen molar-refractivity contribution in [1.29, 1.82) is 0 Å². The molecule has 0 heterocycles. The van der Waals surface area contributed by atoms with Crippen molar-refractivity contribution in [3.05, 3.63) is 57.7 Å². The summed E-state index contributed by atoms with van der Waals surface area (Å²) in [6.07, 6.45) is 0.992. The zero-order valence-electron chi connectivity index (χ0n) is 10.4. The summed E-state index contributed by atoms with van der Waals surface area (Å²) >= 11 is 2.27. The molecule has 0 aliphatic carbocycles. The first kappa shape index (κ1) is 13.2. The molecular formula is C15H17IN2. The summed E-state index contributed by atoms with van der Waals surface area (Å²) in [5.41, 5.74) is 9.15. The molecule has 0 aliphatic heterocycles. The minimum atomic E-state index is 0.356. The molecule has 0 aliphatic rings. The fraction of sp³-hybridized carbons (Fsp3) is 0.200. The number of anilines is 2. The molecule has 94 valence electrons. The summed E-state index contributed by atoms with van der Waals surface area (Å²) in [7, 11) is 0. The first-order chi connectivity index (χ1) is 8.65. The molecule has 2 rings (SSSR count). The van der Waals surface area contributed by atoms with Gasteiger partial charge in [0, 0.05) is 9.61 Å². The van der Waals surface area contributed by atoms with Crippen LogP contribution in [0.25, 0.3) is 0 Å². The highest BCUT2D eigenvalue weighted by Gasteiger charge is 2.06. The van der Waals surface area contributed by atoms with Crippen LogP contribution in [0.15, 0.2) is 48.5 Å². The number of hydrogen-bond donors (Lipinski definition) is 2. The second-order valence-electron chi connectivity index (χ2n) is 4.47. The third-order valence-electron chi connectivity index (χ3n) is 2.80. The van der Waals surface area contributed by atoms with Gasteiger partial charge in [0.2, 0.25) is 0 Å². The molecule has 1 atom stereocenters. The lowest BCUT2D eigenvalue weighted by atomic mass is 10.1. The summed E-state index contributed by atoms with van der Waals surface area (Å²) < 4.78 is 1.16. The zero-order valence-corrected chi connectivity index (χ0v) is 12.5. The fourth-order valence-corrected chi connectivity index (χ4v) is 2.46. The van der Waals surface area contributed by atoms with Crippen LogP contribution >= 0.6 is 22.6 Å². The van der Waals surface area contributed by atoms with Crippen LogP contribution in [0.1, 0.15) is 12.5 Å². The van der Waals surface area contributed by atoms with E-state index in [0.29, 0.717) is 6.04 Å². The number of benzene rings is 2. The Morgan fingerprint density at radius 2 is 1.89 bits per heavy atom. The molecule has 0 amide bonds. The highest BCUT2D eigenvalue weighted by molar-refractivity contribution is 14.1. The van der Waals surface area contributed by atoms with Gasteiger partial charge in [-0.1, -0.05) is 30.3 Å². The Balaban J connectivity index is 2.01. The molecule has 0 aromatic heterocycles. The van der Waals surface area contributed by atoms with Crippen LogP contribution in [0.5, 0.6) is 0 Å². The van der Waals surface area contributed by atoms with Crippen LogP contribution in [0.4, 0.5) is 11.4 Å². The van der Waals surface area contributed by atoms with Crippen LogP contribution in [0.2, 0.25) is 0 Å². The third kappa shape index (κ3) is 3.63. The maximum atomic E-state index is 6.00. The lowest BCUT2D eigenvalue weighted by Crippen LogP contribution is -2.18. The Hall–Kier alpha value is -1.23. The quantitative estimate of drug-likeness (QED) is 0.647. The number of hydrogen-bond acceptors (Lipinski definition) is 2. The van der Waals surface area contributed by atoms with Crippen molar-refractivity contribution in [3.8, 4) is 0 Å². The van der Waals surface area contributed by atoms with Crippen molar-refractivity contribution < 1.29 is 0 Å². The molecular weight excluding hydrogens is 335 g/mol. The molecule has 2 nitrogen and oxygen atoms in total. The summed E-state index contributed by atoms with van der Waals surface area (Å²) in [5.74, 6) is 0. The van der Waals surface area contributed by atoms with E-state index in [1.807, 2.05) is 18.2 Å². The molecule has 0 saturated heterocycles. The van der Waals surface area contributed by atoms with Crippen molar-refractivity contribution in [3.63, 3.8) is 0 Å². The van der Waals surface area contributed by atoms with Crippen LogP contribution < -0.4 is 11.1 Å². The molecule has 0 saturated carbocycles. The van der Waals surface area contributed by atoms with E-state index in [-0.39, 0.29) is 0 Å². The van der Waals surface area contributed by atoms with Crippen LogP contribution in [-0.2, 0) is 6.42 Å².